The van der Waals surface area contributed by atoms with E-state index in [1.807, 2.05) is 0 Å². The highest BCUT2D eigenvalue weighted by Gasteiger charge is 2.26. The van der Waals surface area contributed by atoms with Crippen LogP contribution in [-0.2, 0) is 21.2 Å². The van der Waals surface area contributed by atoms with E-state index in [2.05, 4.69) is 0 Å². The zero-order valence-corrected chi connectivity index (χ0v) is 16.2. The van der Waals surface area contributed by atoms with Gasteiger partial charge in [0.25, 0.3) is 10.0 Å². The normalized spacial score (nSPS) is 11.0. The molecule has 0 radical (unpaired) electrons. The first-order chi connectivity index (χ1) is 12.7. The van der Waals surface area contributed by atoms with Crippen LogP contribution in [-0.4, -0.2) is 47.9 Å². The molecule has 0 spiro atoms. The van der Waals surface area contributed by atoms with Gasteiger partial charge in [-0.25, -0.2) is 8.42 Å². The molecule has 9 heteroatoms. The van der Waals surface area contributed by atoms with Crippen molar-refractivity contribution in [3.8, 4) is 17.2 Å². The number of anilines is 1. The van der Waals surface area contributed by atoms with Crippen LogP contribution in [0.5, 0.6) is 17.2 Å². The summed E-state index contributed by atoms with van der Waals surface area (Å²) in [6.45, 7) is 0. The Kier molecular flexibility index (Phi) is 6.17. The first kappa shape index (κ1) is 20.4. The minimum atomic E-state index is -4.02. The minimum Gasteiger partial charge on any atom is -0.495 e. The molecule has 0 bridgehead atoms. The van der Waals surface area contributed by atoms with Gasteiger partial charge in [0.05, 0.1) is 33.4 Å². The number of nitrogens with zero attached hydrogens (tertiary/aromatic N) is 1. The second kappa shape index (κ2) is 8.17. The molecule has 0 saturated heterocycles. The first-order valence-corrected chi connectivity index (χ1v) is 9.28. The van der Waals surface area contributed by atoms with Crippen LogP contribution >= 0.6 is 0 Å². The lowest BCUT2D eigenvalue weighted by Gasteiger charge is -2.22. The van der Waals surface area contributed by atoms with Crippen LogP contribution in [0.25, 0.3) is 0 Å². The topological polar surface area (TPSA) is 102 Å². The summed E-state index contributed by atoms with van der Waals surface area (Å²) in [5.74, 6) is -0.0926. The van der Waals surface area contributed by atoms with E-state index in [-0.39, 0.29) is 17.1 Å². The third kappa shape index (κ3) is 4.25. The summed E-state index contributed by atoms with van der Waals surface area (Å²) in [6, 6.07) is 8.96. The molecule has 2 aromatic rings. The number of ether oxygens (including phenoxy) is 3. The van der Waals surface area contributed by atoms with Crippen molar-refractivity contribution in [1.82, 2.24) is 0 Å². The summed E-state index contributed by atoms with van der Waals surface area (Å²) >= 11 is 0. The van der Waals surface area contributed by atoms with Crippen molar-refractivity contribution in [1.29, 1.82) is 0 Å². The molecule has 0 aliphatic heterocycles. The average molecular weight is 395 g/mol. The Morgan fingerprint density at radius 2 is 1.56 bits per heavy atom. The van der Waals surface area contributed by atoms with Gasteiger partial charge >= 0.3 is 5.97 Å². The largest absolute Gasteiger partial charge is 0.495 e. The molecule has 27 heavy (non-hydrogen) atoms. The van der Waals surface area contributed by atoms with Gasteiger partial charge in [-0.3, -0.25) is 9.10 Å². The Morgan fingerprint density at radius 3 is 2.11 bits per heavy atom. The van der Waals surface area contributed by atoms with Gasteiger partial charge in [-0.1, -0.05) is 6.07 Å². The minimum absolute atomic E-state index is 0.122. The SMILES string of the molecule is COc1ccc(N(C)S(=O)(=O)c2cc(CC(=O)O)ccc2OC)cc1OC. The van der Waals surface area contributed by atoms with Crippen molar-refractivity contribution in [2.75, 3.05) is 32.7 Å². The van der Waals surface area contributed by atoms with Crippen molar-refractivity contribution in [3.63, 3.8) is 0 Å². The maximum Gasteiger partial charge on any atom is 0.307 e. The zero-order valence-electron chi connectivity index (χ0n) is 15.4. The molecule has 2 rings (SSSR count). The predicted octanol–water partition coefficient (Wildman–Crippen LogP) is 2.16. The molecule has 0 aromatic heterocycles. The molecule has 0 unspecified atom stereocenters. The third-order valence-electron chi connectivity index (χ3n) is 3.95. The van der Waals surface area contributed by atoms with Gasteiger partial charge in [-0.2, -0.15) is 0 Å². The number of benzene rings is 2. The maximum absolute atomic E-state index is 13.1. The van der Waals surface area contributed by atoms with E-state index in [1.54, 1.807) is 12.1 Å². The van der Waals surface area contributed by atoms with Gasteiger partial charge in [-0.05, 0) is 29.8 Å². The van der Waals surface area contributed by atoms with Crippen molar-refractivity contribution in [3.05, 3.63) is 42.0 Å². The van der Waals surface area contributed by atoms with Crippen LogP contribution in [0.15, 0.2) is 41.3 Å². The van der Waals surface area contributed by atoms with Gasteiger partial charge in [0.15, 0.2) is 11.5 Å². The molecule has 0 amide bonds. The van der Waals surface area contributed by atoms with Crippen LogP contribution in [0.4, 0.5) is 5.69 Å². The quantitative estimate of drug-likeness (QED) is 0.731. The number of rotatable bonds is 8. The Hall–Kier alpha value is -2.94. The summed E-state index contributed by atoms with van der Waals surface area (Å²) in [5, 5.41) is 8.96. The predicted molar refractivity (Wildman–Crippen MR) is 99.5 cm³/mol. The fourth-order valence-electron chi connectivity index (χ4n) is 2.51. The number of aliphatic carboxylic acids is 1. The summed E-state index contributed by atoms with van der Waals surface area (Å²) in [4.78, 5) is 10.8. The molecule has 146 valence electrons. The Labute approximate surface area is 157 Å². The van der Waals surface area contributed by atoms with E-state index in [9.17, 15) is 13.2 Å². The van der Waals surface area contributed by atoms with Crippen molar-refractivity contribution >= 4 is 21.7 Å². The average Bonchev–Trinajstić information content (AvgIpc) is 2.66. The Balaban J connectivity index is 2.52. The molecule has 8 nitrogen and oxygen atoms in total. The number of carboxylic acid groups (broad SMARTS) is 1. The second-order valence-corrected chi connectivity index (χ2v) is 7.51. The number of carbonyl (C=O) groups is 1. The van der Waals surface area contributed by atoms with E-state index in [1.165, 1.54) is 52.6 Å². The smallest absolute Gasteiger partial charge is 0.307 e. The standard InChI is InChI=1S/C18H21NO7S/c1-19(13-6-8-14(24-2)16(11-13)26-4)27(22,23)17-9-12(10-18(20)21)5-7-15(17)25-3/h5-9,11H,10H2,1-4H3,(H,20,21). The molecule has 0 aliphatic rings. The highest BCUT2D eigenvalue weighted by molar-refractivity contribution is 7.92. The first-order valence-electron chi connectivity index (χ1n) is 7.84. The number of carboxylic acids is 1. The molecule has 0 fully saturated rings. The molecule has 0 heterocycles. The van der Waals surface area contributed by atoms with Crippen LogP contribution in [0.1, 0.15) is 5.56 Å². The van der Waals surface area contributed by atoms with Crippen LogP contribution in [0.3, 0.4) is 0 Å². The number of methoxy groups -OCH3 is 3. The van der Waals surface area contributed by atoms with Crippen molar-refractivity contribution < 1.29 is 32.5 Å². The van der Waals surface area contributed by atoms with Crippen LogP contribution < -0.4 is 18.5 Å². The van der Waals surface area contributed by atoms with Crippen LogP contribution in [0.2, 0.25) is 0 Å². The molecule has 2 aromatic carbocycles. The Morgan fingerprint density at radius 1 is 0.963 bits per heavy atom. The van der Waals surface area contributed by atoms with Gasteiger partial charge < -0.3 is 19.3 Å². The van der Waals surface area contributed by atoms with E-state index < -0.39 is 16.0 Å². The molecule has 0 atom stereocenters. The third-order valence-corrected chi connectivity index (χ3v) is 5.76. The molecular weight excluding hydrogens is 374 g/mol. The molecule has 1 N–H and O–H groups in total. The summed E-state index contributed by atoms with van der Waals surface area (Å²) in [7, 11) is 1.65. The van der Waals surface area contributed by atoms with E-state index in [0.29, 0.717) is 22.7 Å². The van der Waals surface area contributed by atoms with E-state index in [4.69, 9.17) is 19.3 Å². The lowest BCUT2D eigenvalue weighted by Crippen LogP contribution is -2.27. The lowest BCUT2D eigenvalue weighted by atomic mass is 10.1. The van der Waals surface area contributed by atoms with Crippen LogP contribution in [0, 0.1) is 0 Å². The second-order valence-electron chi connectivity index (χ2n) is 5.57. The van der Waals surface area contributed by atoms with Crippen molar-refractivity contribution in [2.24, 2.45) is 0 Å². The van der Waals surface area contributed by atoms with Gasteiger partial charge in [0.2, 0.25) is 0 Å². The number of hydrogen-bond donors (Lipinski definition) is 1. The summed E-state index contributed by atoms with van der Waals surface area (Å²) in [5.41, 5.74) is 0.695. The van der Waals surface area contributed by atoms with E-state index >= 15 is 0 Å². The highest BCUT2D eigenvalue weighted by Crippen LogP contribution is 2.35. The van der Waals surface area contributed by atoms with Gasteiger partial charge in [0.1, 0.15) is 10.6 Å². The number of sulfonamides is 1. The lowest BCUT2D eigenvalue weighted by molar-refractivity contribution is -0.136. The van der Waals surface area contributed by atoms with E-state index in [0.717, 1.165) is 4.31 Å². The van der Waals surface area contributed by atoms with Gasteiger partial charge in [-0.15, -0.1) is 0 Å². The summed E-state index contributed by atoms with van der Waals surface area (Å²) < 4.78 is 42.9. The Bertz CT molecular complexity index is 941. The molecular formula is C18H21NO7S. The summed E-state index contributed by atoms with van der Waals surface area (Å²) in [6.07, 6.45) is -0.299. The van der Waals surface area contributed by atoms with Crippen molar-refractivity contribution in [2.45, 2.75) is 11.3 Å². The van der Waals surface area contributed by atoms with Gasteiger partial charge in [0, 0.05) is 13.1 Å². The zero-order chi connectivity index (χ0) is 20.2. The molecule has 0 saturated carbocycles. The molecule has 0 aliphatic carbocycles. The maximum atomic E-state index is 13.1. The highest BCUT2D eigenvalue weighted by atomic mass is 32.2. The number of hydrogen-bond acceptors (Lipinski definition) is 6. The fraction of sp³-hybridized carbons (Fsp3) is 0.278. The monoisotopic (exact) mass is 395 g/mol. The fourth-order valence-corrected chi connectivity index (χ4v) is 3.91.